The minimum Gasteiger partial charge on any atom is -0.494 e. The van der Waals surface area contributed by atoms with Crippen LogP contribution in [0.5, 0.6) is 5.75 Å². The Kier molecular flexibility index (Phi) is 4.16. The molecular weight excluding hydrogens is 240 g/mol. The van der Waals surface area contributed by atoms with Gasteiger partial charge in [-0.3, -0.25) is 0 Å². The zero-order valence-electron chi connectivity index (χ0n) is 10.3. The minimum absolute atomic E-state index is 0.194. The number of sulfone groups is 1. The van der Waals surface area contributed by atoms with Crippen LogP contribution in [0, 0.1) is 0 Å². The van der Waals surface area contributed by atoms with Crippen molar-refractivity contribution in [1.82, 2.24) is 0 Å². The Morgan fingerprint density at radius 2 is 1.76 bits per heavy atom. The van der Waals surface area contributed by atoms with Crippen LogP contribution in [0.2, 0.25) is 0 Å². The molecule has 0 heterocycles. The number of hydrogen-bond donors (Lipinski definition) is 1. The molecule has 0 spiro atoms. The van der Waals surface area contributed by atoms with Gasteiger partial charge in [-0.05, 0) is 45.0 Å². The molecule has 0 fully saturated rings. The van der Waals surface area contributed by atoms with E-state index in [0.717, 1.165) is 0 Å². The third kappa shape index (κ3) is 2.79. The molecule has 0 radical (unpaired) electrons. The average Bonchev–Trinajstić information content (AvgIpc) is 2.30. The summed E-state index contributed by atoms with van der Waals surface area (Å²) in [5.41, 5.74) is 0. The zero-order chi connectivity index (χ0) is 13.1. The van der Waals surface area contributed by atoms with Crippen LogP contribution in [0.1, 0.15) is 20.8 Å². The second-order valence-electron chi connectivity index (χ2n) is 4.33. The van der Waals surface area contributed by atoms with Crippen LogP contribution >= 0.6 is 0 Å². The summed E-state index contributed by atoms with van der Waals surface area (Å²) in [4.78, 5) is 0.194. The first-order chi connectivity index (χ1) is 7.85. The van der Waals surface area contributed by atoms with Gasteiger partial charge in [-0.1, -0.05) is 0 Å². The monoisotopic (exact) mass is 258 g/mol. The number of hydrogen-bond acceptors (Lipinski definition) is 4. The van der Waals surface area contributed by atoms with Crippen molar-refractivity contribution in [3.63, 3.8) is 0 Å². The van der Waals surface area contributed by atoms with E-state index >= 15 is 0 Å². The van der Waals surface area contributed by atoms with Crippen LogP contribution in [0.3, 0.4) is 0 Å². The molecule has 1 rings (SSSR count). The lowest BCUT2D eigenvalue weighted by molar-refractivity contribution is 0.258. The third-order valence-electron chi connectivity index (χ3n) is 2.55. The molecule has 5 heteroatoms. The largest absolute Gasteiger partial charge is 0.494 e. The number of aliphatic hydroxyl groups is 1. The first kappa shape index (κ1) is 14.0. The van der Waals surface area contributed by atoms with Gasteiger partial charge in [-0.2, -0.15) is 0 Å². The van der Waals surface area contributed by atoms with Gasteiger partial charge in [0.25, 0.3) is 0 Å². The smallest absolute Gasteiger partial charge is 0.185 e. The summed E-state index contributed by atoms with van der Waals surface area (Å²) in [7, 11) is -3.53. The predicted molar refractivity (Wildman–Crippen MR) is 66.0 cm³/mol. The lowest BCUT2D eigenvalue weighted by Crippen LogP contribution is -2.35. The van der Waals surface area contributed by atoms with Gasteiger partial charge in [0.1, 0.15) is 5.75 Å². The zero-order valence-corrected chi connectivity index (χ0v) is 11.1. The molecule has 0 saturated heterocycles. The van der Waals surface area contributed by atoms with Gasteiger partial charge in [0.2, 0.25) is 0 Å². The van der Waals surface area contributed by atoms with Gasteiger partial charge in [0, 0.05) is 0 Å². The van der Waals surface area contributed by atoms with Crippen molar-refractivity contribution in [2.75, 3.05) is 13.2 Å². The maximum atomic E-state index is 12.2. The molecule has 4 nitrogen and oxygen atoms in total. The fraction of sp³-hybridized carbons (Fsp3) is 0.500. The molecule has 1 N–H and O–H groups in total. The number of aliphatic hydroxyl groups excluding tert-OH is 1. The van der Waals surface area contributed by atoms with E-state index in [4.69, 9.17) is 9.84 Å². The Morgan fingerprint density at radius 3 is 2.18 bits per heavy atom. The SMILES string of the molecule is CCOc1ccc(S(=O)(=O)C(C)(C)CO)cc1. The topological polar surface area (TPSA) is 63.6 Å². The van der Waals surface area contributed by atoms with Crippen LogP contribution < -0.4 is 4.74 Å². The Balaban J connectivity index is 3.09. The highest BCUT2D eigenvalue weighted by atomic mass is 32.2. The molecule has 1 aromatic rings. The number of rotatable bonds is 5. The highest BCUT2D eigenvalue weighted by molar-refractivity contribution is 7.92. The van der Waals surface area contributed by atoms with E-state index < -0.39 is 21.2 Å². The Morgan fingerprint density at radius 1 is 1.24 bits per heavy atom. The molecule has 0 aromatic heterocycles. The highest BCUT2D eigenvalue weighted by Gasteiger charge is 2.34. The van der Waals surface area contributed by atoms with E-state index in [9.17, 15) is 8.42 Å². The summed E-state index contributed by atoms with van der Waals surface area (Å²) in [5, 5.41) is 9.13. The van der Waals surface area contributed by atoms with E-state index in [-0.39, 0.29) is 4.90 Å². The summed E-state index contributed by atoms with van der Waals surface area (Å²) >= 11 is 0. The van der Waals surface area contributed by atoms with E-state index in [1.165, 1.54) is 26.0 Å². The second kappa shape index (κ2) is 5.06. The first-order valence-electron chi connectivity index (χ1n) is 5.43. The van der Waals surface area contributed by atoms with Crippen LogP contribution in [0.4, 0.5) is 0 Å². The summed E-state index contributed by atoms with van der Waals surface area (Å²) in [6.45, 7) is 4.98. The lowest BCUT2D eigenvalue weighted by Gasteiger charge is -2.22. The van der Waals surface area contributed by atoms with Crippen molar-refractivity contribution < 1.29 is 18.3 Å². The molecule has 0 aliphatic heterocycles. The van der Waals surface area contributed by atoms with Crippen LogP contribution in [0.25, 0.3) is 0 Å². The minimum atomic E-state index is -3.53. The molecule has 0 bridgehead atoms. The van der Waals surface area contributed by atoms with E-state index in [2.05, 4.69) is 0 Å². The molecule has 0 saturated carbocycles. The van der Waals surface area contributed by atoms with E-state index in [1.807, 2.05) is 6.92 Å². The van der Waals surface area contributed by atoms with Crippen molar-refractivity contribution in [1.29, 1.82) is 0 Å². The molecule has 0 amide bonds. The quantitative estimate of drug-likeness (QED) is 0.872. The summed E-state index contributed by atoms with van der Waals surface area (Å²) in [6.07, 6.45) is 0. The standard InChI is InChI=1S/C12H18O4S/c1-4-16-10-5-7-11(8-6-10)17(14,15)12(2,3)9-13/h5-8,13H,4,9H2,1-3H3. The fourth-order valence-corrected chi connectivity index (χ4v) is 2.59. The number of benzene rings is 1. The van der Waals surface area contributed by atoms with Gasteiger partial charge >= 0.3 is 0 Å². The molecule has 1 aromatic carbocycles. The van der Waals surface area contributed by atoms with E-state index in [0.29, 0.717) is 12.4 Å². The third-order valence-corrected chi connectivity index (χ3v) is 5.03. The first-order valence-corrected chi connectivity index (χ1v) is 6.92. The Hall–Kier alpha value is -1.07. The molecular formula is C12H18O4S. The van der Waals surface area contributed by atoms with Crippen molar-refractivity contribution in [2.45, 2.75) is 30.4 Å². The molecule has 0 atom stereocenters. The van der Waals surface area contributed by atoms with Crippen molar-refractivity contribution in [3.05, 3.63) is 24.3 Å². The van der Waals surface area contributed by atoms with Crippen molar-refractivity contribution in [3.8, 4) is 5.75 Å². The summed E-state index contributed by atoms with van der Waals surface area (Å²) in [6, 6.07) is 6.23. The van der Waals surface area contributed by atoms with Crippen LogP contribution in [0.15, 0.2) is 29.2 Å². The van der Waals surface area contributed by atoms with Crippen molar-refractivity contribution in [2.24, 2.45) is 0 Å². The lowest BCUT2D eigenvalue weighted by atomic mass is 10.2. The summed E-state index contributed by atoms with van der Waals surface area (Å²) in [5.74, 6) is 0.633. The van der Waals surface area contributed by atoms with Gasteiger partial charge in [0.05, 0.1) is 22.9 Å². The van der Waals surface area contributed by atoms with Crippen molar-refractivity contribution >= 4 is 9.84 Å². The number of ether oxygens (including phenoxy) is 1. The highest BCUT2D eigenvalue weighted by Crippen LogP contribution is 2.26. The second-order valence-corrected chi connectivity index (χ2v) is 6.91. The van der Waals surface area contributed by atoms with Gasteiger partial charge < -0.3 is 9.84 Å². The average molecular weight is 258 g/mol. The molecule has 0 aliphatic carbocycles. The molecule has 96 valence electrons. The molecule has 0 aliphatic rings. The normalized spacial score (nSPS) is 12.5. The maximum Gasteiger partial charge on any atom is 0.185 e. The molecule has 0 unspecified atom stereocenters. The van der Waals surface area contributed by atoms with Gasteiger partial charge in [0.15, 0.2) is 9.84 Å². The summed E-state index contributed by atoms with van der Waals surface area (Å²) < 4.78 is 28.4. The maximum absolute atomic E-state index is 12.2. The Bertz CT molecular complexity index is 460. The molecule has 17 heavy (non-hydrogen) atoms. The van der Waals surface area contributed by atoms with Crippen LogP contribution in [-0.2, 0) is 9.84 Å². The van der Waals surface area contributed by atoms with Gasteiger partial charge in [-0.25, -0.2) is 8.42 Å². The van der Waals surface area contributed by atoms with E-state index in [1.54, 1.807) is 12.1 Å². The fourth-order valence-electron chi connectivity index (χ4n) is 1.29. The predicted octanol–water partition coefficient (Wildman–Crippen LogP) is 1.63. The van der Waals surface area contributed by atoms with Crippen LogP contribution in [-0.4, -0.2) is 31.5 Å². The van der Waals surface area contributed by atoms with Gasteiger partial charge in [-0.15, -0.1) is 0 Å². The Labute approximate surface area is 102 Å².